The van der Waals surface area contributed by atoms with E-state index in [1.165, 1.54) is 12.6 Å². The molecule has 1 aromatic rings. The van der Waals surface area contributed by atoms with Gasteiger partial charge in [-0.05, 0) is 26.7 Å². The highest BCUT2D eigenvalue weighted by Gasteiger charge is 2.23. The van der Waals surface area contributed by atoms with Gasteiger partial charge in [0.2, 0.25) is 0 Å². The summed E-state index contributed by atoms with van der Waals surface area (Å²) in [4.78, 5) is 15.0. The van der Waals surface area contributed by atoms with Crippen molar-refractivity contribution < 1.29 is 9.66 Å². The van der Waals surface area contributed by atoms with E-state index in [9.17, 15) is 10.1 Å². The lowest BCUT2D eigenvalue weighted by atomic mass is 10.1. The molecule has 0 bridgehead atoms. The van der Waals surface area contributed by atoms with Crippen LogP contribution in [0.3, 0.4) is 0 Å². The van der Waals surface area contributed by atoms with E-state index in [0.717, 1.165) is 25.7 Å². The van der Waals surface area contributed by atoms with Gasteiger partial charge in [0.25, 0.3) is 5.69 Å². The Morgan fingerprint density at radius 2 is 2.10 bits per heavy atom. The van der Waals surface area contributed by atoms with Crippen LogP contribution >= 0.6 is 0 Å². The Hall–Kier alpha value is -1.53. The van der Waals surface area contributed by atoms with Crippen LogP contribution in [-0.2, 0) is 11.3 Å². The van der Waals surface area contributed by atoms with Crippen molar-refractivity contribution in [1.82, 2.24) is 4.98 Å². The number of nitrogens with two attached hydrogens (primary N) is 1. The van der Waals surface area contributed by atoms with Crippen molar-refractivity contribution in [2.75, 3.05) is 0 Å². The second kappa shape index (κ2) is 6.95. The summed E-state index contributed by atoms with van der Waals surface area (Å²) in [6.45, 7) is 3.71. The van der Waals surface area contributed by atoms with Gasteiger partial charge in [-0.3, -0.25) is 15.1 Å². The maximum absolute atomic E-state index is 11.1. The molecule has 0 saturated heterocycles. The third-order valence-electron chi connectivity index (χ3n) is 4.20. The average Bonchev–Trinajstić information content (AvgIpc) is 2.62. The highest BCUT2D eigenvalue weighted by Crippen LogP contribution is 2.26. The number of aryl methyl sites for hydroxylation is 1. The normalized spacial score (nSPS) is 22.8. The Balaban J connectivity index is 2.09. The lowest BCUT2D eigenvalue weighted by Gasteiger charge is -2.22. The van der Waals surface area contributed by atoms with Crippen LogP contribution < -0.4 is 5.73 Å². The Kier molecular flexibility index (Phi) is 5.25. The summed E-state index contributed by atoms with van der Waals surface area (Å²) >= 11 is 0. The van der Waals surface area contributed by atoms with Crippen molar-refractivity contribution in [3.05, 3.63) is 33.1 Å². The molecule has 1 heterocycles. The zero-order valence-electron chi connectivity index (χ0n) is 12.7. The van der Waals surface area contributed by atoms with Crippen molar-refractivity contribution in [1.29, 1.82) is 0 Å². The fourth-order valence-corrected chi connectivity index (χ4v) is 2.89. The molecule has 1 fully saturated rings. The Morgan fingerprint density at radius 1 is 1.38 bits per heavy atom. The van der Waals surface area contributed by atoms with E-state index >= 15 is 0 Å². The summed E-state index contributed by atoms with van der Waals surface area (Å²) in [5.74, 6) is 0. The minimum absolute atomic E-state index is 0.0223. The molecular formula is C15H23N3O3. The number of pyridine rings is 1. The molecule has 2 N–H and O–H groups in total. The van der Waals surface area contributed by atoms with Crippen LogP contribution in [0.2, 0.25) is 0 Å². The molecular weight excluding hydrogens is 270 g/mol. The minimum atomic E-state index is -0.354. The molecule has 1 aliphatic rings. The molecule has 6 heteroatoms. The van der Waals surface area contributed by atoms with Gasteiger partial charge < -0.3 is 10.5 Å². The number of nitro groups is 1. The summed E-state index contributed by atoms with van der Waals surface area (Å²) in [6, 6.07) is 0.0493. The standard InChI is InChI=1S/C15H23N3O3/c1-10-8-17-13(11(2)15(10)18(19)20)9-21-14-7-5-3-4-6-12(14)16/h8,12,14H,3-7,9,16H2,1-2H3. The van der Waals surface area contributed by atoms with Crippen molar-refractivity contribution in [2.45, 2.75) is 64.7 Å². The van der Waals surface area contributed by atoms with Gasteiger partial charge in [-0.25, -0.2) is 0 Å². The van der Waals surface area contributed by atoms with Gasteiger partial charge in [0.15, 0.2) is 0 Å². The monoisotopic (exact) mass is 293 g/mol. The van der Waals surface area contributed by atoms with E-state index in [1.54, 1.807) is 13.8 Å². The molecule has 2 atom stereocenters. The summed E-state index contributed by atoms with van der Waals surface area (Å²) in [5.41, 5.74) is 8.05. The van der Waals surface area contributed by atoms with Gasteiger partial charge in [-0.2, -0.15) is 0 Å². The highest BCUT2D eigenvalue weighted by molar-refractivity contribution is 5.47. The number of hydrogen-bond donors (Lipinski definition) is 1. The molecule has 0 amide bonds. The zero-order valence-corrected chi connectivity index (χ0v) is 12.7. The lowest BCUT2D eigenvalue weighted by Crippen LogP contribution is -2.35. The van der Waals surface area contributed by atoms with Gasteiger partial charge in [-0.15, -0.1) is 0 Å². The van der Waals surface area contributed by atoms with Crippen LogP contribution in [0.1, 0.15) is 48.9 Å². The second-order valence-electron chi connectivity index (χ2n) is 5.77. The average molecular weight is 293 g/mol. The van der Waals surface area contributed by atoms with Gasteiger partial charge in [0.1, 0.15) is 0 Å². The molecule has 0 aliphatic heterocycles. The third-order valence-corrected chi connectivity index (χ3v) is 4.20. The topological polar surface area (TPSA) is 91.3 Å². The largest absolute Gasteiger partial charge is 0.370 e. The van der Waals surface area contributed by atoms with Crippen molar-refractivity contribution in [2.24, 2.45) is 5.73 Å². The predicted molar refractivity (Wildman–Crippen MR) is 80.0 cm³/mol. The van der Waals surface area contributed by atoms with Gasteiger partial charge in [0.05, 0.1) is 28.9 Å². The maximum atomic E-state index is 11.1. The van der Waals surface area contributed by atoms with Gasteiger partial charge in [-0.1, -0.05) is 19.3 Å². The first-order valence-electron chi connectivity index (χ1n) is 7.47. The molecule has 0 spiro atoms. The first-order valence-corrected chi connectivity index (χ1v) is 7.47. The van der Waals surface area contributed by atoms with Crippen LogP contribution in [0.4, 0.5) is 5.69 Å². The van der Waals surface area contributed by atoms with E-state index in [-0.39, 0.29) is 29.4 Å². The quantitative estimate of drug-likeness (QED) is 0.523. The number of hydrogen-bond acceptors (Lipinski definition) is 5. The van der Waals surface area contributed by atoms with E-state index in [0.29, 0.717) is 16.8 Å². The van der Waals surface area contributed by atoms with E-state index in [4.69, 9.17) is 10.5 Å². The molecule has 1 aliphatic carbocycles. The molecule has 0 aromatic carbocycles. The maximum Gasteiger partial charge on any atom is 0.278 e. The van der Waals surface area contributed by atoms with Crippen LogP contribution in [0.15, 0.2) is 6.20 Å². The molecule has 2 rings (SSSR count). The van der Waals surface area contributed by atoms with Gasteiger partial charge >= 0.3 is 0 Å². The van der Waals surface area contributed by atoms with Crippen LogP contribution in [0.5, 0.6) is 0 Å². The van der Waals surface area contributed by atoms with E-state index in [1.807, 2.05) is 0 Å². The Bertz CT molecular complexity index is 519. The summed E-state index contributed by atoms with van der Waals surface area (Å²) in [5, 5.41) is 11.1. The number of rotatable bonds is 4. The highest BCUT2D eigenvalue weighted by atomic mass is 16.6. The molecule has 0 radical (unpaired) electrons. The minimum Gasteiger partial charge on any atom is -0.370 e. The predicted octanol–water partition coefficient (Wildman–Crippen LogP) is 2.78. The molecule has 1 saturated carbocycles. The SMILES string of the molecule is Cc1cnc(COC2CCCCCC2N)c(C)c1[N+](=O)[O-]. The summed E-state index contributed by atoms with van der Waals surface area (Å²) < 4.78 is 5.91. The fraction of sp³-hybridized carbons (Fsp3) is 0.667. The third kappa shape index (κ3) is 3.77. The first-order chi connectivity index (χ1) is 10.0. The fourth-order valence-electron chi connectivity index (χ4n) is 2.89. The number of aromatic nitrogens is 1. The van der Waals surface area contributed by atoms with E-state index < -0.39 is 0 Å². The van der Waals surface area contributed by atoms with Crippen molar-refractivity contribution in [3.8, 4) is 0 Å². The molecule has 116 valence electrons. The molecule has 1 aromatic heterocycles. The number of nitrogens with zero attached hydrogens (tertiary/aromatic N) is 2. The smallest absolute Gasteiger partial charge is 0.278 e. The second-order valence-corrected chi connectivity index (χ2v) is 5.77. The zero-order chi connectivity index (χ0) is 15.4. The summed E-state index contributed by atoms with van der Waals surface area (Å²) in [7, 11) is 0. The van der Waals surface area contributed by atoms with Crippen LogP contribution in [0.25, 0.3) is 0 Å². The van der Waals surface area contributed by atoms with Crippen LogP contribution in [-0.4, -0.2) is 22.1 Å². The van der Waals surface area contributed by atoms with Gasteiger partial charge in [0, 0.05) is 17.8 Å². The molecule has 21 heavy (non-hydrogen) atoms. The lowest BCUT2D eigenvalue weighted by molar-refractivity contribution is -0.386. The van der Waals surface area contributed by atoms with Crippen molar-refractivity contribution in [3.63, 3.8) is 0 Å². The number of ether oxygens (including phenoxy) is 1. The molecule has 6 nitrogen and oxygen atoms in total. The van der Waals surface area contributed by atoms with E-state index in [2.05, 4.69) is 4.98 Å². The Labute approximate surface area is 124 Å². The van der Waals surface area contributed by atoms with Crippen LogP contribution in [0, 0.1) is 24.0 Å². The Morgan fingerprint density at radius 3 is 2.81 bits per heavy atom. The summed E-state index contributed by atoms with van der Waals surface area (Å²) in [6.07, 6.45) is 6.96. The van der Waals surface area contributed by atoms with Crippen molar-refractivity contribution >= 4 is 5.69 Å². The first kappa shape index (κ1) is 15.9. The molecule has 2 unspecified atom stereocenters.